The van der Waals surface area contributed by atoms with E-state index in [2.05, 4.69) is 20.4 Å². The fourth-order valence-electron chi connectivity index (χ4n) is 3.38. The number of carbonyl (C=O) groups excluding carboxylic acids is 1. The van der Waals surface area contributed by atoms with Crippen molar-refractivity contribution in [2.75, 3.05) is 26.2 Å². The number of aryl methyl sites for hydroxylation is 1. The van der Waals surface area contributed by atoms with E-state index in [0.717, 1.165) is 18.7 Å². The van der Waals surface area contributed by atoms with Crippen LogP contribution in [0.3, 0.4) is 0 Å². The number of halogens is 2. The Bertz CT molecular complexity index is 1050. The van der Waals surface area contributed by atoms with E-state index in [9.17, 15) is 4.79 Å². The Kier molecular flexibility index (Phi) is 6.92. The molecule has 8 nitrogen and oxygen atoms in total. The number of carbonyl (C=O) groups is 1. The number of furan rings is 1. The molecule has 164 valence electrons. The normalized spacial score (nSPS) is 17.1. The molecule has 3 heterocycles. The van der Waals surface area contributed by atoms with Gasteiger partial charge in [0.15, 0.2) is 5.76 Å². The molecule has 0 aliphatic carbocycles. The third kappa shape index (κ3) is 5.86. The molecule has 1 aliphatic heterocycles. The number of nitrogens with zero attached hydrogens (tertiary/aromatic N) is 3. The lowest BCUT2D eigenvalue weighted by molar-refractivity contribution is -0.121. The number of aromatic nitrogens is 2. The number of morpholine rings is 1. The van der Waals surface area contributed by atoms with Gasteiger partial charge in [0, 0.05) is 33.1 Å². The van der Waals surface area contributed by atoms with Gasteiger partial charge in [-0.25, -0.2) is 0 Å². The van der Waals surface area contributed by atoms with Gasteiger partial charge >= 0.3 is 0 Å². The first kappa shape index (κ1) is 21.8. The first-order valence-corrected chi connectivity index (χ1v) is 10.7. The van der Waals surface area contributed by atoms with E-state index in [-0.39, 0.29) is 18.4 Å². The molecule has 1 N–H and O–H groups in total. The van der Waals surface area contributed by atoms with Gasteiger partial charge < -0.3 is 18.9 Å². The predicted molar refractivity (Wildman–Crippen MR) is 115 cm³/mol. The topological polar surface area (TPSA) is 93.6 Å². The summed E-state index contributed by atoms with van der Waals surface area (Å²) >= 11 is 12.1. The molecular weight excluding hydrogens is 443 g/mol. The van der Waals surface area contributed by atoms with Gasteiger partial charge in [0.1, 0.15) is 5.76 Å². The van der Waals surface area contributed by atoms with Gasteiger partial charge in [-0.3, -0.25) is 9.69 Å². The Balaban J connectivity index is 1.24. The monoisotopic (exact) mass is 464 g/mol. The second-order valence-electron chi connectivity index (χ2n) is 7.35. The van der Waals surface area contributed by atoms with Crippen LogP contribution < -0.4 is 5.32 Å². The van der Waals surface area contributed by atoms with Crippen molar-refractivity contribution in [3.8, 4) is 11.7 Å². The van der Waals surface area contributed by atoms with E-state index >= 15 is 0 Å². The Morgan fingerprint density at radius 1 is 1.19 bits per heavy atom. The fourth-order valence-corrected chi connectivity index (χ4v) is 3.70. The van der Waals surface area contributed by atoms with Crippen molar-refractivity contribution >= 4 is 29.1 Å². The van der Waals surface area contributed by atoms with Crippen molar-refractivity contribution in [3.05, 3.63) is 57.6 Å². The molecule has 0 saturated carbocycles. The van der Waals surface area contributed by atoms with E-state index in [4.69, 9.17) is 36.8 Å². The smallest absolute Gasteiger partial charge is 0.283 e. The van der Waals surface area contributed by atoms with E-state index in [1.807, 2.05) is 12.1 Å². The van der Waals surface area contributed by atoms with Crippen molar-refractivity contribution in [2.24, 2.45) is 0 Å². The zero-order valence-electron chi connectivity index (χ0n) is 16.9. The molecule has 10 heteroatoms. The van der Waals surface area contributed by atoms with Crippen LogP contribution in [0.15, 0.2) is 39.2 Å². The highest BCUT2D eigenvalue weighted by Gasteiger charge is 2.22. The number of benzene rings is 1. The summed E-state index contributed by atoms with van der Waals surface area (Å²) in [4.78, 5) is 14.6. The van der Waals surface area contributed by atoms with Crippen molar-refractivity contribution in [1.29, 1.82) is 0 Å². The lowest BCUT2D eigenvalue weighted by atomic mass is 10.2. The molecule has 1 atom stereocenters. The number of amides is 1. The SMILES string of the molecule is Cc1nnc(-c2ccc(CC(=O)NC[C@H]3CN(Cc4ccc(Cl)c(Cl)c4)CCO3)o2)o1. The Morgan fingerprint density at radius 3 is 2.84 bits per heavy atom. The highest BCUT2D eigenvalue weighted by molar-refractivity contribution is 6.42. The molecule has 0 bridgehead atoms. The van der Waals surface area contributed by atoms with Gasteiger partial charge in [-0.2, -0.15) is 0 Å². The summed E-state index contributed by atoms with van der Waals surface area (Å²) in [6.07, 6.45) is 0.0290. The minimum absolute atomic E-state index is 0.0889. The maximum atomic E-state index is 12.3. The lowest BCUT2D eigenvalue weighted by Gasteiger charge is -2.33. The molecule has 1 aliphatic rings. The zero-order valence-corrected chi connectivity index (χ0v) is 18.4. The van der Waals surface area contributed by atoms with Gasteiger partial charge in [-0.1, -0.05) is 29.3 Å². The summed E-state index contributed by atoms with van der Waals surface area (Å²) < 4.78 is 16.8. The fraction of sp³-hybridized carbons (Fsp3) is 0.381. The molecular formula is C21H22Cl2N4O4. The van der Waals surface area contributed by atoms with Crippen LogP contribution in [0.25, 0.3) is 11.7 Å². The Morgan fingerprint density at radius 2 is 2.06 bits per heavy atom. The van der Waals surface area contributed by atoms with Crippen LogP contribution >= 0.6 is 23.2 Å². The second-order valence-corrected chi connectivity index (χ2v) is 8.16. The average Bonchev–Trinajstić information content (AvgIpc) is 3.38. The number of nitrogens with one attached hydrogen (secondary N) is 1. The molecule has 2 aromatic heterocycles. The molecule has 4 rings (SSSR count). The highest BCUT2D eigenvalue weighted by atomic mass is 35.5. The lowest BCUT2D eigenvalue weighted by Crippen LogP contribution is -2.47. The van der Waals surface area contributed by atoms with Gasteiger partial charge in [-0.15, -0.1) is 10.2 Å². The number of hydrogen-bond acceptors (Lipinski definition) is 7. The average molecular weight is 465 g/mol. The maximum Gasteiger partial charge on any atom is 0.283 e. The molecule has 0 radical (unpaired) electrons. The van der Waals surface area contributed by atoms with Crippen LogP contribution in [0.4, 0.5) is 0 Å². The highest BCUT2D eigenvalue weighted by Crippen LogP contribution is 2.24. The van der Waals surface area contributed by atoms with E-state index in [1.165, 1.54) is 0 Å². The van der Waals surface area contributed by atoms with Crippen molar-refractivity contribution in [2.45, 2.75) is 26.0 Å². The van der Waals surface area contributed by atoms with Crippen molar-refractivity contribution < 1.29 is 18.4 Å². The first-order valence-electron chi connectivity index (χ1n) is 9.90. The van der Waals surface area contributed by atoms with Crippen LogP contribution in [0.1, 0.15) is 17.2 Å². The number of hydrogen-bond donors (Lipinski definition) is 1. The minimum atomic E-state index is -0.146. The van der Waals surface area contributed by atoms with Gasteiger partial charge in [0.05, 0.1) is 29.2 Å². The van der Waals surface area contributed by atoms with Crippen LogP contribution in [-0.4, -0.2) is 53.3 Å². The summed E-state index contributed by atoms with van der Waals surface area (Å²) in [6.45, 7) is 5.00. The Hall–Kier alpha value is -2.39. The summed E-state index contributed by atoms with van der Waals surface area (Å²) in [6, 6.07) is 9.08. The van der Waals surface area contributed by atoms with Crippen LogP contribution in [0.5, 0.6) is 0 Å². The molecule has 1 amide bonds. The predicted octanol–water partition coefficient (Wildman–Crippen LogP) is 3.50. The molecule has 1 aromatic carbocycles. The minimum Gasteiger partial charge on any atom is -0.455 e. The van der Waals surface area contributed by atoms with Crippen LogP contribution in [-0.2, 0) is 22.5 Å². The molecule has 0 unspecified atom stereocenters. The van der Waals surface area contributed by atoms with E-state index < -0.39 is 0 Å². The Labute approximate surface area is 189 Å². The maximum absolute atomic E-state index is 12.3. The molecule has 1 fully saturated rings. The molecule has 31 heavy (non-hydrogen) atoms. The van der Waals surface area contributed by atoms with Gasteiger partial charge in [0.25, 0.3) is 5.89 Å². The zero-order chi connectivity index (χ0) is 21.8. The van der Waals surface area contributed by atoms with Crippen LogP contribution in [0.2, 0.25) is 10.0 Å². The van der Waals surface area contributed by atoms with Crippen molar-refractivity contribution in [1.82, 2.24) is 20.4 Å². The summed E-state index contributed by atoms with van der Waals surface area (Å²) in [7, 11) is 0. The summed E-state index contributed by atoms with van der Waals surface area (Å²) in [5.41, 5.74) is 1.09. The summed E-state index contributed by atoms with van der Waals surface area (Å²) in [5.74, 6) is 1.56. The quantitative estimate of drug-likeness (QED) is 0.571. The molecule has 1 saturated heterocycles. The first-order chi connectivity index (χ1) is 15.0. The number of rotatable bonds is 7. The van der Waals surface area contributed by atoms with E-state index in [1.54, 1.807) is 25.1 Å². The van der Waals surface area contributed by atoms with Gasteiger partial charge in [-0.05, 0) is 29.8 Å². The second kappa shape index (κ2) is 9.82. The van der Waals surface area contributed by atoms with Crippen molar-refractivity contribution in [3.63, 3.8) is 0 Å². The third-order valence-corrected chi connectivity index (χ3v) is 5.61. The third-order valence-electron chi connectivity index (χ3n) is 4.87. The molecule has 3 aromatic rings. The summed E-state index contributed by atoms with van der Waals surface area (Å²) in [5, 5.41) is 11.7. The largest absolute Gasteiger partial charge is 0.455 e. The van der Waals surface area contributed by atoms with Gasteiger partial charge in [0.2, 0.25) is 11.8 Å². The van der Waals surface area contributed by atoms with E-state index in [0.29, 0.717) is 53.0 Å². The van der Waals surface area contributed by atoms with Crippen LogP contribution in [0, 0.1) is 6.92 Å². The number of ether oxygens (including phenoxy) is 1. The molecule has 0 spiro atoms. The standard InChI is InChI=1S/C21H22Cl2N4O4/c1-13-25-26-21(30-13)19-5-3-15(31-19)9-20(28)24-10-16-12-27(6-7-29-16)11-14-2-4-17(22)18(23)8-14/h2-5,8,16H,6-7,9-12H2,1H3,(H,24,28)/t16-/m0/s1.